The van der Waals surface area contributed by atoms with E-state index in [2.05, 4.69) is 10.3 Å². The number of carbonyl (C=O) groups excluding carboxylic acids is 1. The Bertz CT molecular complexity index is 1090. The van der Waals surface area contributed by atoms with Crippen molar-refractivity contribution in [2.45, 2.75) is 19.5 Å². The molecule has 1 aromatic heterocycles. The highest BCUT2D eigenvalue weighted by molar-refractivity contribution is 6.31. The lowest BCUT2D eigenvalue weighted by atomic mass is 10.0. The Kier molecular flexibility index (Phi) is 7.15. The van der Waals surface area contributed by atoms with E-state index >= 15 is 0 Å². The Morgan fingerprint density at radius 1 is 1.06 bits per heavy atom. The number of aromatic nitrogens is 1. The van der Waals surface area contributed by atoms with E-state index in [1.807, 2.05) is 24.9 Å². The van der Waals surface area contributed by atoms with Gasteiger partial charge >= 0.3 is 5.97 Å². The summed E-state index contributed by atoms with van der Waals surface area (Å²) in [6.45, 7) is 2.28. The summed E-state index contributed by atoms with van der Waals surface area (Å²) >= 11 is 12.1. The Labute approximate surface area is 190 Å². The molecule has 0 unspecified atom stereocenters. The van der Waals surface area contributed by atoms with Gasteiger partial charge in [-0.25, -0.2) is 9.78 Å². The van der Waals surface area contributed by atoms with E-state index < -0.39 is 5.97 Å². The second-order valence-electron chi connectivity index (χ2n) is 7.11. The number of aromatic carboxylic acids is 1. The number of nitrogens with one attached hydrogen (secondary N) is 1. The van der Waals surface area contributed by atoms with Gasteiger partial charge in [-0.1, -0.05) is 41.4 Å². The minimum absolute atomic E-state index is 0.193. The molecule has 160 valence electrons. The molecule has 3 aromatic rings. The van der Waals surface area contributed by atoms with Crippen molar-refractivity contribution >= 4 is 40.9 Å². The molecule has 8 heteroatoms. The number of carboxylic acid groups (broad SMARTS) is 1. The zero-order valence-corrected chi connectivity index (χ0v) is 18.5. The molecule has 0 bridgehead atoms. The SMILES string of the molecule is C[C@H](NC(=O)c1cc(Cl)ccc1CN(C)c1ccc(Cl)cn1)c1ccc(C(=O)O)cc1. The molecule has 1 amide bonds. The Hall–Kier alpha value is -3.09. The second kappa shape index (κ2) is 9.81. The molecule has 3 rings (SSSR count). The highest BCUT2D eigenvalue weighted by atomic mass is 35.5. The zero-order valence-electron chi connectivity index (χ0n) is 17.0. The highest BCUT2D eigenvalue weighted by Gasteiger charge is 2.17. The van der Waals surface area contributed by atoms with Crippen LogP contribution in [0.15, 0.2) is 60.8 Å². The van der Waals surface area contributed by atoms with Crippen LogP contribution in [0.5, 0.6) is 0 Å². The summed E-state index contributed by atoms with van der Waals surface area (Å²) in [7, 11) is 1.87. The molecule has 0 aliphatic rings. The van der Waals surface area contributed by atoms with Crippen LogP contribution < -0.4 is 10.2 Å². The van der Waals surface area contributed by atoms with Crippen LogP contribution in [0.4, 0.5) is 5.82 Å². The maximum Gasteiger partial charge on any atom is 0.335 e. The second-order valence-corrected chi connectivity index (χ2v) is 7.99. The van der Waals surface area contributed by atoms with Gasteiger partial charge in [0.1, 0.15) is 5.82 Å². The Morgan fingerprint density at radius 2 is 1.74 bits per heavy atom. The summed E-state index contributed by atoms with van der Waals surface area (Å²) in [4.78, 5) is 30.3. The van der Waals surface area contributed by atoms with E-state index in [0.29, 0.717) is 22.2 Å². The number of rotatable bonds is 7. The van der Waals surface area contributed by atoms with Crippen LogP contribution in [0.2, 0.25) is 10.0 Å². The summed E-state index contributed by atoms with van der Waals surface area (Å²) in [5.41, 5.74) is 2.24. The lowest BCUT2D eigenvalue weighted by molar-refractivity contribution is 0.0696. The molecule has 1 heterocycles. The van der Waals surface area contributed by atoms with Crippen LogP contribution in [0.3, 0.4) is 0 Å². The van der Waals surface area contributed by atoms with E-state index in [0.717, 1.165) is 16.9 Å². The molecule has 1 atom stereocenters. The molecule has 0 fully saturated rings. The van der Waals surface area contributed by atoms with Crippen LogP contribution in [-0.4, -0.2) is 29.0 Å². The van der Waals surface area contributed by atoms with Crippen LogP contribution in [0, 0.1) is 0 Å². The third kappa shape index (κ3) is 5.75. The third-order valence-corrected chi connectivity index (χ3v) is 5.29. The van der Waals surface area contributed by atoms with Crippen molar-refractivity contribution in [1.82, 2.24) is 10.3 Å². The number of halogens is 2. The van der Waals surface area contributed by atoms with E-state index in [1.54, 1.807) is 42.6 Å². The summed E-state index contributed by atoms with van der Waals surface area (Å²) in [5, 5.41) is 13.0. The van der Waals surface area contributed by atoms with Crippen LogP contribution >= 0.6 is 23.2 Å². The average molecular weight is 458 g/mol. The molecule has 0 aliphatic heterocycles. The van der Waals surface area contributed by atoms with E-state index in [4.69, 9.17) is 28.3 Å². The number of benzene rings is 2. The van der Waals surface area contributed by atoms with E-state index in [1.165, 1.54) is 12.1 Å². The highest BCUT2D eigenvalue weighted by Crippen LogP contribution is 2.22. The van der Waals surface area contributed by atoms with Crippen molar-refractivity contribution in [3.63, 3.8) is 0 Å². The van der Waals surface area contributed by atoms with Gasteiger partial charge in [0, 0.05) is 30.4 Å². The Morgan fingerprint density at radius 3 is 2.35 bits per heavy atom. The molecule has 0 spiro atoms. The van der Waals surface area contributed by atoms with Crippen molar-refractivity contribution in [2.24, 2.45) is 0 Å². The largest absolute Gasteiger partial charge is 0.478 e. The first-order chi connectivity index (χ1) is 14.7. The van der Waals surface area contributed by atoms with Crippen molar-refractivity contribution in [2.75, 3.05) is 11.9 Å². The lowest BCUT2D eigenvalue weighted by Gasteiger charge is -2.21. The van der Waals surface area contributed by atoms with Gasteiger partial charge in [0.15, 0.2) is 0 Å². The number of anilines is 1. The van der Waals surface area contributed by atoms with Gasteiger partial charge in [0.25, 0.3) is 5.91 Å². The van der Waals surface area contributed by atoms with Crippen molar-refractivity contribution < 1.29 is 14.7 Å². The summed E-state index contributed by atoms with van der Waals surface area (Å²) < 4.78 is 0. The predicted molar refractivity (Wildman–Crippen MR) is 122 cm³/mol. The maximum atomic E-state index is 13.0. The van der Waals surface area contributed by atoms with Crippen LogP contribution in [0.25, 0.3) is 0 Å². The molecule has 0 aliphatic carbocycles. The molecule has 2 N–H and O–H groups in total. The van der Waals surface area contributed by atoms with Crippen molar-refractivity contribution in [1.29, 1.82) is 0 Å². The van der Waals surface area contributed by atoms with Gasteiger partial charge in [0.2, 0.25) is 0 Å². The van der Waals surface area contributed by atoms with Gasteiger partial charge in [0.05, 0.1) is 16.6 Å². The van der Waals surface area contributed by atoms with Crippen LogP contribution in [0.1, 0.15) is 44.8 Å². The standard InChI is InChI=1S/C23H21Cl2N3O3/c1-14(15-3-5-16(6-4-15)23(30)31)27-22(29)20-11-18(24)8-7-17(20)13-28(2)21-10-9-19(25)12-26-21/h3-12,14H,13H2,1-2H3,(H,27,29)(H,30,31)/t14-/m0/s1. The fourth-order valence-electron chi connectivity index (χ4n) is 3.10. The van der Waals surface area contributed by atoms with Crippen LogP contribution in [-0.2, 0) is 6.54 Å². The Balaban J connectivity index is 1.77. The van der Waals surface area contributed by atoms with Gasteiger partial charge in [-0.15, -0.1) is 0 Å². The number of amides is 1. The van der Waals surface area contributed by atoms with E-state index in [9.17, 15) is 9.59 Å². The zero-order chi connectivity index (χ0) is 22.5. The quantitative estimate of drug-likeness (QED) is 0.508. The normalized spacial score (nSPS) is 11.6. The van der Waals surface area contributed by atoms with Crippen molar-refractivity contribution in [3.8, 4) is 0 Å². The fourth-order valence-corrected chi connectivity index (χ4v) is 3.38. The topological polar surface area (TPSA) is 82.5 Å². The minimum atomic E-state index is -0.994. The third-order valence-electron chi connectivity index (χ3n) is 4.83. The van der Waals surface area contributed by atoms with Gasteiger partial charge < -0.3 is 15.3 Å². The first-order valence-corrected chi connectivity index (χ1v) is 10.3. The molecule has 2 aromatic carbocycles. The van der Waals surface area contributed by atoms with E-state index in [-0.39, 0.29) is 17.5 Å². The number of hydrogen-bond acceptors (Lipinski definition) is 4. The average Bonchev–Trinajstić information content (AvgIpc) is 2.75. The van der Waals surface area contributed by atoms with Gasteiger partial charge in [-0.3, -0.25) is 4.79 Å². The lowest BCUT2D eigenvalue weighted by Crippen LogP contribution is -2.29. The summed E-state index contributed by atoms with van der Waals surface area (Å²) in [5.74, 6) is -0.548. The van der Waals surface area contributed by atoms with Crippen molar-refractivity contribution in [3.05, 3.63) is 93.1 Å². The summed E-state index contributed by atoms with van der Waals surface area (Å²) in [6.07, 6.45) is 1.57. The number of carbonyl (C=O) groups is 2. The number of nitrogens with zero attached hydrogens (tertiary/aromatic N) is 2. The molecule has 0 saturated heterocycles. The molecule has 31 heavy (non-hydrogen) atoms. The van der Waals surface area contributed by atoms with Gasteiger partial charge in [-0.2, -0.15) is 0 Å². The fraction of sp³-hybridized carbons (Fsp3) is 0.174. The molecular weight excluding hydrogens is 437 g/mol. The molecule has 6 nitrogen and oxygen atoms in total. The predicted octanol–water partition coefficient (Wildman–Crippen LogP) is 5.21. The smallest absolute Gasteiger partial charge is 0.335 e. The maximum absolute atomic E-state index is 13.0. The molecule has 0 saturated carbocycles. The number of hydrogen-bond donors (Lipinski definition) is 2. The minimum Gasteiger partial charge on any atom is -0.478 e. The molecular formula is C23H21Cl2N3O3. The first kappa shape index (κ1) is 22.6. The van der Waals surface area contributed by atoms with Gasteiger partial charge in [-0.05, 0) is 54.4 Å². The summed E-state index contributed by atoms with van der Waals surface area (Å²) in [6, 6.07) is 14.8. The first-order valence-electron chi connectivity index (χ1n) is 9.50. The monoisotopic (exact) mass is 457 g/mol. The number of pyridine rings is 1. The molecule has 0 radical (unpaired) electrons. The number of carboxylic acids is 1.